The molecule has 3 aromatic heterocycles. The van der Waals surface area contributed by atoms with E-state index < -0.39 is 30.2 Å². The van der Waals surface area contributed by atoms with Crippen LogP contribution in [0.1, 0.15) is 53.3 Å². The largest absolute Gasteiger partial charge is 0.467 e. The Morgan fingerprint density at radius 3 is 2.69 bits per heavy atom. The summed E-state index contributed by atoms with van der Waals surface area (Å²) in [6.45, 7) is 1.99. The van der Waals surface area contributed by atoms with E-state index >= 15 is 0 Å². The molecule has 0 unspecified atom stereocenters. The lowest BCUT2D eigenvalue weighted by atomic mass is 10.2. The van der Waals surface area contributed by atoms with Crippen molar-refractivity contribution < 1.29 is 27.2 Å². The Kier molecular flexibility index (Phi) is 5.76. The van der Waals surface area contributed by atoms with Gasteiger partial charge in [-0.2, -0.15) is 23.4 Å². The molecule has 0 aromatic carbocycles. The number of nitrogens with one attached hydrogen (secondary N) is 2. The summed E-state index contributed by atoms with van der Waals surface area (Å²) in [5.41, 5.74) is -0.493. The van der Waals surface area contributed by atoms with Gasteiger partial charge in [0, 0.05) is 24.4 Å². The minimum atomic E-state index is -4.59. The third-order valence-corrected chi connectivity index (χ3v) is 4.97. The predicted molar refractivity (Wildman–Crippen MR) is 106 cm³/mol. The molecule has 32 heavy (non-hydrogen) atoms. The summed E-state index contributed by atoms with van der Waals surface area (Å²) in [6.07, 6.45) is -0.102. The Bertz CT molecular complexity index is 1110. The van der Waals surface area contributed by atoms with Gasteiger partial charge < -0.3 is 15.1 Å². The lowest BCUT2D eigenvalue weighted by molar-refractivity contribution is -0.141. The van der Waals surface area contributed by atoms with Crippen LogP contribution in [0.5, 0.6) is 0 Å². The van der Waals surface area contributed by atoms with Gasteiger partial charge in [0.05, 0.1) is 18.5 Å². The van der Waals surface area contributed by atoms with Crippen molar-refractivity contribution in [2.75, 3.05) is 5.32 Å². The van der Waals surface area contributed by atoms with Gasteiger partial charge in [0.15, 0.2) is 11.4 Å². The van der Waals surface area contributed by atoms with Crippen LogP contribution in [0, 0.1) is 0 Å². The van der Waals surface area contributed by atoms with Gasteiger partial charge in [-0.1, -0.05) is 0 Å². The number of aromatic nitrogens is 4. The van der Waals surface area contributed by atoms with Crippen LogP contribution in [0.3, 0.4) is 0 Å². The number of alkyl halides is 3. The maximum Gasteiger partial charge on any atom is 0.435 e. The van der Waals surface area contributed by atoms with Crippen molar-refractivity contribution in [3.05, 3.63) is 53.5 Å². The first-order valence-electron chi connectivity index (χ1n) is 10.1. The Balaban J connectivity index is 1.48. The Morgan fingerprint density at radius 2 is 2.06 bits per heavy atom. The molecule has 9 nitrogen and oxygen atoms in total. The second-order valence-corrected chi connectivity index (χ2v) is 7.44. The molecule has 1 fully saturated rings. The Hall–Kier alpha value is -3.57. The van der Waals surface area contributed by atoms with Gasteiger partial charge in [-0.15, -0.1) is 0 Å². The molecule has 170 valence electrons. The highest BCUT2D eigenvalue weighted by Crippen LogP contribution is 2.42. The van der Waals surface area contributed by atoms with Gasteiger partial charge in [0.2, 0.25) is 5.91 Å². The molecule has 0 bridgehead atoms. The molecule has 3 heterocycles. The van der Waals surface area contributed by atoms with Crippen molar-refractivity contribution in [1.29, 1.82) is 0 Å². The number of carbonyl (C=O) groups excluding carboxylic acids is 2. The summed E-state index contributed by atoms with van der Waals surface area (Å²) < 4.78 is 46.9. The zero-order valence-electron chi connectivity index (χ0n) is 17.1. The van der Waals surface area contributed by atoms with Crippen LogP contribution in [0.25, 0.3) is 0 Å². The highest BCUT2D eigenvalue weighted by molar-refractivity contribution is 6.02. The van der Waals surface area contributed by atoms with Gasteiger partial charge in [-0.25, -0.2) is 0 Å². The van der Waals surface area contributed by atoms with Gasteiger partial charge in [0.25, 0.3) is 5.91 Å². The SMILES string of the molecule is CCn1cc(NC(=O)Cn2nc(C(F)(F)F)cc2C2CC2)c(C(=O)NCc2ccco2)n1. The van der Waals surface area contributed by atoms with E-state index in [-0.39, 0.29) is 23.8 Å². The van der Waals surface area contributed by atoms with Crippen molar-refractivity contribution in [3.63, 3.8) is 0 Å². The second kappa shape index (κ2) is 8.52. The normalized spacial score (nSPS) is 13.9. The van der Waals surface area contributed by atoms with E-state index in [1.165, 1.54) is 17.1 Å². The van der Waals surface area contributed by atoms with Gasteiger partial charge in [-0.3, -0.25) is 19.0 Å². The van der Waals surface area contributed by atoms with Crippen LogP contribution in [-0.2, 0) is 30.6 Å². The van der Waals surface area contributed by atoms with Crippen molar-refractivity contribution in [1.82, 2.24) is 24.9 Å². The third kappa shape index (κ3) is 4.84. The van der Waals surface area contributed by atoms with Crippen molar-refractivity contribution >= 4 is 17.5 Å². The van der Waals surface area contributed by atoms with Crippen LogP contribution in [0.15, 0.2) is 35.1 Å². The van der Waals surface area contributed by atoms with Crippen LogP contribution >= 0.6 is 0 Å². The number of aryl methyl sites for hydroxylation is 1. The van der Waals surface area contributed by atoms with Crippen LogP contribution in [-0.4, -0.2) is 31.4 Å². The molecular weight excluding hydrogens is 429 g/mol. The maximum absolute atomic E-state index is 13.1. The van der Waals surface area contributed by atoms with Gasteiger partial charge in [-0.05, 0) is 38.0 Å². The molecule has 1 aliphatic carbocycles. The first kappa shape index (κ1) is 21.7. The number of halogens is 3. The number of hydrogen-bond donors (Lipinski definition) is 2. The second-order valence-electron chi connectivity index (χ2n) is 7.44. The highest BCUT2D eigenvalue weighted by atomic mass is 19.4. The van der Waals surface area contributed by atoms with Crippen LogP contribution < -0.4 is 10.6 Å². The first-order valence-corrected chi connectivity index (χ1v) is 10.1. The fraction of sp³-hybridized carbons (Fsp3) is 0.400. The summed E-state index contributed by atoms with van der Waals surface area (Å²) in [7, 11) is 0. The minimum Gasteiger partial charge on any atom is -0.467 e. The summed E-state index contributed by atoms with van der Waals surface area (Å²) in [4.78, 5) is 25.2. The molecule has 0 aliphatic heterocycles. The van der Waals surface area contributed by atoms with Gasteiger partial charge >= 0.3 is 6.18 Å². The van der Waals surface area contributed by atoms with Crippen molar-refractivity contribution in [2.24, 2.45) is 0 Å². The summed E-state index contributed by atoms with van der Waals surface area (Å²) in [5.74, 6) is -0.622. The third-order valence-electron chi connectivity index (χ3n) is 4.97. The van der Waals surface area contributed by atoms with E-state index in [1.54, 1.807) is 12.1 Å². The number of rotatable bonds is 8. The van der Waals surface area contributed by atoms with Crippen molar-refractivity contribution in [3.8, 4) is 0 Å². The number of anilines is 1. The van der Waals surface area contributed by atoms with E-state index in [4.69, 9.17) is 4.42 Å². The zero-order valence-corrected chi connectivity index (χ0v) is 17.1. The lowest BCUT2D eigenvalue weighted by Crippen LogP contribution is -2.26. The molecule has 0 radical (unpaired) electrons. The van der Waals surface area contributed by atoms with E-state index in [0.29, 0.717) is 18.0 Å². The molecule has 0 spiro atoms. The topological polar surface area (TPSA) is 107 Å². The minimum absolute atomic E-state index is 0.00869. The van der Waals surface area contributed by atoms with E-state index in [9.17, 15) is 22.8 Å². The predicted octanol–water partition coefficient (Wildman–Crippen LogP) is 3.16. The van der Waals surface area contributed by atoms with Crippen molar-refractivity contribution in [2.45, 2.75) is 51.5 Å². The van der Waals surface area contributed by atoms with Crippen LogP contribution in [0.2, 0.25) is 0 Å². The molecule has 1 aliphatic rings. The molecule has 0 atom stereocenters. The number of hydrogen-bond acceptors (Lipinski definition) is 5. The molecule has 0 saturated heterocycles. The standard InChI is InChI=1S/C20H21F3N6O3/c1-2-28-10-14(18(27-28)19(31)24-9-13-4-3-7-32-13)25-17(30)11-29-15(12-5-6-12)8-16(26-29)20(21,22)23/h3-4,7-8,10,12H,2,5-6,9,11H2,1H3,(H,24,31)(H,25,30). The molecule has 1 saturated carbocycles. The Labute approximate surface area is 180 Å². The molecule has 12 heteroatoms. The Morgan fingerprint density at radius 1 is 1.28 bits per heavy atom. The fourth-order valence-electron chi connectivity index (χ4n) is 3.24. The average molecular weight is 450 g/mol. The van der Waals surface area contributed by atoms with Gasteiger partial charge in [0.1, 0.15) is 12.3 Å². The quantitative estimate of drug-likeness (QED) is 0.548. The maximum atomic E-state index is 13.1. The number of carbonyl (C=O) groups is 2. The summed E-state index contributed by atoms with van der Waals surface area (Å²) in [6, 6.07) is 4.38. The van der Waals surface area contributed by atoms with Crippen LogP contribution in [0.4, 0.5) is 18.9 Å². The molecule has 3 aromatic rings. The molecule has 2 N–H and O–H groups in total. The van der Waals surface area contributed by atoms with E-state index in [2.05, 4.69) is 20.8 Å². The lowest BCUT2D eigenvalue weighted by Gasteiger charge is -2.08. The molecule has 4 rings (SSSR count). The average Bonchev–Trinajstić information content (AvgIpc) is 3.14. The number of amides is 2. The number of nitrogens with zero attached hydrogens (tertiary/aromatic N) is 4. The summed E-state index contributed by atoms with van der Waals surface area (Å²) >= 11 is 0. The number of furan rings is 1. The van der Waals surface area contributed by atoms with E-state index in [1.807, 2.05) is 6.92 Å². The molecule has 2 amide bonds. The first-order chi connectivity index (χ1) is 15.2. The monoisotopic (exact) mass is 450 g/mol. The van der Waals surface area contributed by atoms with E-state index in [0.717, 1.165) is 23.6 Å². The fourth-order valence-corrected chi connectivity index (χ4v) is 3.24. The zero-order chi connectivity index (χ0) is 22.9. The molecular formula is C20H21F3N6O3. The summed E-state index contributed by atoms with van der Waals surface area (Å²) in [5, 5.41) is 13.0. The highest BCUT2D eigenvalue weighted by Gasteiger charge is 2.38. The smallest absolute Gasteiger partial charge is 0.435 e.